The fraction of sp³-hybridized carbons (Fsp3) is 0.393. The molecule has 38 heavy (non-hydrogen) atoms. The molecule has 204 valence electrons. The molecule has 3 N–H and O–H groups in total. The predicted molar refractivity (Wildman–Crippen MR) is 148 cm³/mol. The minimum Gasteiger partial charge on any atom is -0.508 e. The van der Waals surface area contributed by atoms with Gasteiger partial charge in [0.05, 0.1) is 15.7 Å². The number of thiophene rings is 1. The molecule has 0 radical (unpaired) electrons. The maximum atomic E-state index is 13.2. The van der Waals surface area contributed by atoms with E-state index in [4.69, 9.17) is 4.74 Å². The number of phenols is 1. The molecule has 1 aliphatic rings. The van der Waals surface area contributed by atoms with Gasteiger partial charge in [-0.2, -0.15) is 0 Å². The van der Waals surface area contributed by atoms with Gasteiger partial charge in [-0.15, -0.1) is 11.3 Å². The monoisotopic (exact) mass is 558 g/mol. The van der Waals surface area contributed by atoms with Gasteiger partial charge in [-0.1, -0.05) is 12.1 Å². The molecule has 1 aliphatic heterocycles. The molecule has 2 aromatic carbocycles. The molecule has 1 fully saturated rings. The third-order valence-corrected chi connectivity index (χ3v) is 9.88. The van der Waals surface area contributed by atoms with E-state index < -0.39 is 21.2 Å². The molecule has 0 aliphatic carbocycles. The summed E-state index contributed by atoms with van der Waals surface area (Å²) in [5.41, 5.74) is 1.70. The molecule has 1 aromatic heterocycles. The molecule has 0 spiro atoms. The number of hydrogen-bond donors (Lipinski definition) is 3. The number of phenolic OH excluding ortho intramolecular Hbond substituents is 1. The Balaban J connectivity index is 1.19. The summed E-state index contributed by atoms with van der Waals surface area (Å²) in [5, 5.41) is 24.0. The second-order valence-electron chi connectivity index (χ2n) is 9.48. The zero-order valence-corrected chi connectivity index (χ0v) is 23.0. The highest BCUT2D eigenvalue weighted by molar-refractivity contribution is 7.92. The molecule has 1 saturated heterocycles. The van der Waals surface area contributed by atoms with Crippen LogP contribution < -0.4 is 10.1 Å². The van der Waals surface area contributed by atoms with E-state index in [1.807, 2.05) is 30.5 Å². The van der Waals surface area contributed by atoms with Crippen molar-refractivity contribution >= 4 is 27.1 Å². The largest absolute Gasteiger partial charge is 0.508 e. The Hall–Kier alpha value is -2.92. The van der Waals surface area contributed by atoms with Gasteiger partial charge in [-0.05, 0) is 86.1 Å². The first-order valence-electron chi connectivity index (χ1n) is 12.7. The summed E-state index contributed by atoms with van der Waals surface area (Å²) in [6.07, 6.45) is 0.866. The van der Waals surface area contributed by atoms with Crippen molar-refractivity contribution in [3.8, 4) is 11.5 Å². The molecule has 0 saturated carbocycles. The number of aromatic hydroxyl groups is 1. The number of nitrogens with zero attached hydrogens (tertiary/aromatic N) is 1. The Bertz CT molecular complexity index is 1300. The SMILES string of the molecule is Cc1sccc1C(=O)N1CCC(S(=O)(=O)c2ccc(CCNCC(O)COc3ccc(O)cc3)cc2)CC1. The van der Waals surface area contributed by atoms with Gasteiger partial charge >= 0.3 is 0 Å². The summed E-state index contributed by atoms with van der Waals surface area (Å²) in [6.45, 7) is 3.91. The molecule has 3 aromatic rings. The lowest BCUT2D eigenvalue weighted by molar-refractivity contribution is 0.0725. The third kappa shape index (κ3) is 7.13. The van der Waals surface area contributed by atoms with Gasteiger partial charge in [0.15, 0.2) is 9.84 Å². The van der Waals surface area contributed by atoms with Crippen LogP contribution in [0.25, 0.3) is 0 Å². The molecule has 1 atom stereocenters. The van der Waals surface area contributed by atoms with Gasteiger partial charge in [-0.25, -0.2) is 8.42 Å². The average Bonchev–Trinajstić information content (AvgIpc) is 3.36. The lowest BCUT2D eigenvalue weighted by Gasteiger charge is -2.31. The number of benzene rings is 2. The van der Waals surface area contributed by atoms with Crippen molar-refractivity contribution in [3.63, 3.8) is 0 Å². The van der Waals surface area contributed by atoms with Crippen LogP contribution in [-0.4, -0.2) is 73.6 Å². The Morgan fingerprint density at radius 3 is 2.42 bits per heavy atom. The average molecular weight is 559 g/mol. The minimum absolute atomic E-state index is 0.0186. The van der Waals surface area contributed by atoms with Crippen LogP contribution in [-0.2, 0) is 16.3 Å². The number of aliphatic hydroxyl groups is 1. The van der Waals surface area contributed by atoms with Crippen LogP contribution in [0.2, 0.25) is 0 Å². The first kappa shape index (κ1) is 28.1. The molecule has 4 rings (SSSR count). The predicted octanol–water partition coefficient (Wildman–Crippen LogP) is 3.41. The van der Waals surface area contributed by atoms with Gasteiger partial charge in [0.25, 0.3) is 5.91 Å². The normalized spacial score (nSPS) is 15.4. The van der Waals surface area contributed by atoms with E-state index in [1.54, 1.807) is 29.2 Å². The lowest BCUT2D eigenvalue weighted by Crippen LogP contribution is -2.42. The fourth-order valence-electron chi connectivity index (χ4n) is 4.48. The molecule has 1 amide bonds. The van der Waals surface area contributed by atoms with Crippen LogP contribution in [0.4, 0.5) is 0 Å². The van der Waals surface area contributed by atoms with E-state index in [9.17, 15) is 23.4 Å². The molecular weight excluding hydrogens is 524 g/mol. The van der Waals surface area contributed by atoms with Crippen LogP contribution in [0.15, 0.2) is 64.9 Å². The van der Waals surface area contributed by atoms with E-state index >= 15 is 0 Å². The quantitative estimate of drug-likeness (QED) is 0.309. The Morgan fingerprint density at radius 1 is 1.11 bits per heavy atom. The Labute approximate surface area is 227 Å². The number of aryl methyl sites for hydroxylation is 1. The lowest BCUT2D eigenvalue weighted by atomic mass is 10.1. The molecule has 1 unspecified atom stereocenters. The number of ether oxygens (including phenoxy) is 1. The first-order valence-corrected chi connectivity index (χ1v) is 15.1. The van der Waals surface area contributed by atoms with Crippen molar-refractivity contribution in [2.75, 3.05) is 32.8 Å². The maximum absolute atomic E-state index is 13.2. The summed E-state index contributed by atoms with van der Waals surface area (Å²) in [7, 11) is -3.47. The van der Waals surface area contributed by atoms with E-state index in [-0.39, 0.29) is 18.3 Å². The first-order chi connectivity index (χ1) is 18.2. The van der Waals surface area contributed by atoms with Crippen LogP contribution >= 0.6 is 11.3 Å². The zero-order valence-electron chi connectivity index (χ0n) is 21.4. The van der Waals surface area contributed by atoms with Gasteiger partial charge in [-0.3, -0.25) is 4.79 Å². The molecular formula is C28H34N2O6S2. The second kappa shape index (κ2) is 12.8. The highest BCUT2D eigenvalue weighted by Gasteiger charge is 2.33. The topological polar surface area (TPSA) is 116 Å². The van der Waals surface area contributed by atoms with Crippen molar-refractivity contribution in [3.05, 3.63) is 76.0 Å². The van der Waals surface area contributed by atoms with E-state index in [2.05, 4.69) is 5.32 Å². The van der Waals surface area contributed by atoms with Gasteiger partial charge in [0.2, 0.25) is 0 Å². The molecule has 2 heterocycles. The number of aliphatic hydroxyl groups excluding tert-OH is 1. The van der Waals surface area contributed by atoms with E-state index in [0.29, 0.717) is 61.6 Å². The van der Waals surface area contributed by atoms with Crippen molar-refractivity contribution < 1.29 is 28.2 Å². The number of rotatable bonds is 11. The minimum atomic E-state index is -3.47. The van der Waals surface area contributed by atoms with Crippen LogP contribution in [0.3, 0.4) is 0 Å². The number of likely N-dealkylation sites (tertiary alicyclic amines) is 1. The zero-order chi connectivity index (χ0) is 27.1. The number of carbonyl (C=O) groups is 1. The smallest absolute Gasteiger partial charge is 0.254 e. The van der Waals surface area contributed by atoms with E-state index in [1.165, 1.54) is 23.5 Å². The van der Waals surface area contributed by atoms with Gasteiger partial charge in [0, 0.05) is 24.5 Å². The van der Waals surface area contributed by atoms with Crippen LogP contribution in [0.1, 0.15) is 33.6 Å². The summed E-state index contributed by atoms with van der Waals surface area (Å²) in [5.74, 6) is 0.711. The van der Waals surface area contributed by atoms with Crippen LogP contribution in [0.5, 0.6) is 11.5 Å². The Morgan fingerprint density at radius 2 is 1.79 bits per heavy atom. The number of piperidine rings is 1. The number of nitrogens with one attached hydrogen (secondary N) is 1. The summed E-state index contributed by atoms with van der Waals surface area (Å²) < 4.78 is 31.9. The summed E-state index contributed by atoms with van der Waals surface area (Å²) >= 11 is 1.54. The van der Waals surface area contributed by atoms with Crippen molar-refractivity contribution in [2.24, 2.45) is 0 Å². The Kier molecular flexibility index (Phi) is 9.43. The number of carbonyl (C=O) groups excluding carboxylic acids is 1. The van der Waals surface area contributed by atoms with Crippen molar-refractivity contribution in [1.29, 1.82) is 0 Å². The third-order valence-electron chi connectivity index (χ3n) is 6.76. The van der Waals surface area contributed by atoms with Crippen LogP contribution in [0, 0.1) is 6.92 Å². The van der Waals surface area contributed by atoms with E-state index in [0.717, 1.165) is 10.4 Å². The summed E-state index contributed by atoms with van der Waals surface area (Å²) in [4.78, 5) is 15.8. The summed E-state index contributed by atoms with van der Waals surface area (Å²) in [6, 6.07) is 15.1. The second-order valence-corrected chi connectivity index (χ2v) is 12.8. The van der Waals surface area contributed by atoms with Crippen molar-refractivity contribution in [1.82, 2.24) is 10.2 Å². The van der Waals surface area contributed by atoms with Crippen molar-refractivity contribution in [2.45, 2.75) is 42.4 Å². The standard InChI is InChI=1S/C28H34N2O6S2/c1-20-27(13-17-37-20)28(33)30-15-11-26(12-16-30)38(34,35)25-8-2-21(3-9-25)10-14-29-18-23(32)19-36-24-6-4-22(31)5-7-24/h2-9,13,17,23,26,29,31-32H,10-12,14-16,18-19H2,1H3. The fourth-order valence-corrected chi connectivity index (χ4v) is 6.90. The van der Waals surface area contributed by atoms with Gasteiger partial charge < -0.3 is 25.2 Å². The highest BCUT2D eigenvalue weighted by Crippen LogP contribution is 2.27. The molecule has 8 nitrogen and oxygen atoms in total. The highest BCUT2D eigenvalue weighted by atomic mass is 32.2. The molecule has 0 bridgehead atoms. The maximum Gasteiger partial charge on any atom is 0.254 e. The van der Waals surface area contributed by atoms with Gasteiger partial charge in [0.1, 0.15) is 24.2 Å². The number of hydrogen-bond acceptors (Lipinski definition) is 8. The molecule has 10 heteroatoms. The number of sulfone groups is 1. The number of amides is 1.